The molecule has 0 unspecified atom stereocenters. The second-order valence-corrected chi connectivity index (χ2v) is 8.04. The Kier molecular flexibility index (Phi) is 5.95. The van der Waals surface area contributed by atoms with Crippen molar-refractivity contribution in [2.24, 2.45) is 0 Å². The van der Waals surface area contributed by atoms with Crippen molar-refractivity contribution in [3.63, 3.8) is 0 Å². The molecule has 0 aromatic heterocycles. The van der Waals surface area contributed by atoms with Crippen molar-refractivity contribution < 1.29 is 17.9 Å². The molecule has 0 heterocycles. The quantitative estimate of drug-likeness (QED) is 0.791. The Labute approximate surface area is 150 Å². The molecule has 0 aliphatic carbocycles. The third kappa shape index (κ3) is 4.89. The van der Waals surface area contributed by atoms with Gasteiger partial charge in [0.2, 0.25) is 0 Å². The summed E-state index contributed by atoms with van der Waals surface area (Å²) >= 11 is 0. The van der Waals surface area contributed by atoms with E-state index in [0.29, 0.717) is 17.2 Å². The SMILES string of the molecule is COc1ccc(S(=O)(=O)Nc2cccc(OC(C)C)c2)cc1C(C)C. The lowest BCUT2D eigenvalue weighted by Gasteiger charge is -2.15. The van der Waals surface area contributed by atoms with E-state index >= 15 is 0 Å². The van der Waals surface area contributed by atoms with Gasteiger partial charge in [0.15, 0.2) is 0 Å². The van der Waals surface area contributed by atoms with Crippen molar-refractivity contribution in [2.45, 2.75) is 44.6 Å². The molecule has 0 aliphatic heterocycles. The van der Waals surface area contributed by atoms with E-state index in [1.165, 1.54) is 0 Å². The zero-order chi connectivity index (χ0) is 18.6. The van der Waals surface area contributed by atoms with Crippen LogP contribution in [-0.4, -0.2) is 21.6 Å². The minimum absolute atomic E-state index is 0.0158. The highest BCUT2D eigenvalue weighted by Crippen LogP contribution is 2.30. The Balaban J connectivity index is 2.32. The molecule has 6 heteroatoms. The minimum Gasteiger partial charge on any atom is -0.496 e. The molecule has 0 atom stereocenters. The van der Waals surface area contributed by atoms with Gasteiger partial charge in [0.25, 0.3) is 10.0 Å². The van der Waals surface area contributed by atoms with Gasteiger partial charge in [-0.1, -0.05) is 19.9 Å². The number of ether oxygens (including phenoxy) is 2. The van der Waals surface area contributed by atoms with Crippen LogP contribution in [0.1, 0.15) is 39.2 Å². The molecule has 2 aromatic carbocycles. The molecule has 0 radical (unpaired) electrons. The highest BCUT2D eigenvalue weighted by Gasteiger charge is 2.18. The van der Waals surface area contributed by atoms with E-state index < -0.39 is 10.0 Å². The highest BCUT2D eigenvalue weighted by molar-refractivity contribution is 7.92. The molecule has 5 nitrogen and oxygen atoms in total. The molecule has 0 saturated heterocycles. The molecule has 0 amide bonds. The van der Waals surface area contributed by atoms with E-state index in [1.807, 2.05) is 27.7 Å². The van der Waals surface area contributed by atoms with Gasteiger partial charge in [0.05, 0.1) is 23.8 Å². The molecule has 2 rings (SSSR count). The Morgan fingerprint density at radius 1 is 1.00 bits per heavy atom. The number of rotatable bonds is 7. The van der Waals surface area contributed by atoms with Crippen LogP contribution >= 0.6 is 0 Å². The largest absolute Gasteiger partial charge is 0.496 e. The number of sulfonamides is 1. The lowest BCUT2D eigenvalue weighted by atomic mass is 10.0. The van der Waals surface area contributed by atoms with Crippen LogP contribution in [0.4, 0.5) is 5.69 Å². The molecule has 0 spiro atoms. The van der Waals surface area contributed by atoms with E-state index in [-0.39, 0.29) is 16.9 Å². The molecular formula is C19H25NO4S. The van der Waals surface area contributed by atoms with E-state index in [1.54, 1.807) is 49.6 Å². The van der Waals surface area contributed by atoms with Crippen molar-refractivity contribution in [3.05, 3.63) is 48.0 Å². The third-order valence-electron chi connectivity index (χ3n) is 3.59. The second kappa shape index (κ2) is 7.78. The average Bonchev–Trinajstić information content (AvgIpc) is 2.53. The van der Waals surface area contributed by atoms with E-state index in [4.69, 9.17) is 9.47 Å². The summed E-state index contributed by atoms with van der Waals surface area (Å²) in [7, 11) is -2.12. The minimum atomic E-state index is -3.70. The first-order chi connectivity index (χ1) is 11.7. The summed E-state index contributed by atoms with van der Waals surface area (Å²) in [6.45, 7) is 7.83. The predicted molar refractivity (Wildman–Crippen MR) is 100 cm³/mol. The Morgan fingerprint density at radius 2 is 1.72 bits per heavy atom. The van der Waals surface area contributed by atoms with Gasteiger partial charge in [0, 0.05) is 6.07 Å². The van der Waals surface area contributed by atoms with Crippen LogP contribution in [0.5, 0.6) is 11.5 Å². The molecule has 0 bridgehead atoms. The third-order valence-corrected chi connectivity index (χ3v) is 4.97. The Hall–Kier alpha value is -2.21. The van der Waals surface area contributed by atoms with Gasteiger partial charge in [-0.05, 0) is 55.7 Å². The number of hydrogen-bond acceptors (Lipinski definition) is 4. The maximum atomic E-state index is 12.7. The summed E-state index contributed by atoms with van der Waals surface area (Å²) in [6, 6.07) is 11.8. The fraction of sp³-hybridized carbons (Fsp3) is 0.368. The normalized spacial score (nSPS) is 11.6. The number of hydrogen-bond donors (Lipinski definition) is 1. The summed E-state index contributed by atoms with van der Waals surface area (Å²) in [5.74, 6) is 1.45. The van der Waals surface area contributed by atoms with Crippen LogP contribution < -0.4 is 14.2 Å². The van der Waals surface area contributed by atoms with Crippen molar-refractivity contribution in [2.75, 3.05) is 11.8 Å². The van der Waals surface area contributed by atoms with Crippen molar-refractivity contribution in [1.82, 2.24) is 0 Å². The van der Waals surface area contributed by atoms with Gasteiger partial charge < -0.3 is 9.47 Å². The first-order valence-electron chi connectivity index (χ1n) is 8.20. The fourth-order valence-corrected chi connectivity index (χ4v) is 3.53. The summed E-state index contributed by atoms with van der Waals surface area (Å²) in [5.41, 5.74) is 1.31. The Morgan fingerprint density at radius 3 is 2.32 bits per heavy atom. The van der Waals surface area contributed by atoms with Crippen LogP contribution in [0.3, 0.4) is 0 Å². The zero-order valence-corrected chi connectivity index (χ0v) is 16.1. The molecule has 1 N–H and O–H groups in total. The number of benzene rings is 2. The van der Waals surface area contributed by atoms with Gasteiger partial charge in [-0.3, -0.25) is 4.72 Å². The summed E-state index contributed by atoms with van der Waals surface area (Å²) < 4.78 is 39.0. The van der Waals surface area contributed by atoms with Gasteiger partial charge in [-0.15, -0.1) is 0 Å². The average molecular weight is 363 g/mol. The maximum Gasteiger partial charge on any atom is 0.261 e. The number of anilines is 1. The molecule has 136 valence electrons. The van der Waals surface area contributed by atoms with Crippen molar-refractivity contribution in [3.8, 4) is 11.5 Å². The first-order valence-corrected chi connectivity index (χ1v) is 9.68. The number of methoxy groups -OCH3 is 1. The zero-order valence-electron chi connectivity index (χ0n) is 15.2. The van der Waals surface area contributed by atoms with Crippen molar-refractivity contribution >= 4 is 15.7 Å². The van der Waals surface area contributed by atoms with Gasteiger partial charge in [-0.25, -0.2) is 8.42 Å². The van der Waals surface area contributed by atoms with Crippen LogP contribution in [0, 0.1) is 0 Å². The number of nitrogens with one attached hydrogen (secondary N) is 1. The predicted octanol–water partition coefficient (Wildman–Crippen LogP) is 4.41. The van der Waals surface area contributed by atoms with Crippen molar-refractivity contribution in [1.29, 1.82) is 0 Å². The van der Waals surface area contributed by atoms with Crippen LogP contribution in [0.15, 0.2) is 47.4 Å². The lowest BCUT2D eigenvalue weighted by Crippen LogP contribution is -2.14. The van der Waals surface area contributed by atoms with Crippen LogP contribution in [0.25, 0.3) is 0 Å². The highest BCUT2D eigenvalue weighted by atomic mass is 32.2. The summed E-state index contributed by atoms with van der Waals surface area (Å²) in [5, 5.41) is 0. The topological polar surface area (TPSA) is 64.6 Å². The van der Waals surface area contributed by atoms with Crippen LogP contribution in [0.2, 0.25) is 0 Å². The van der Waals surface area contributed by atoms with Gasteiger partial charge in [-0.2, -0.15) is 0 Å². The maximum absolute atomic E-state index is 12.7. The van der Waals surface area contributed by atoms with E-state index in [0.717, 1.165) is 5.56 Å². The summed E-state index contributed by atoms with van der Waals surface area (Å²) in [4.78, 5) is 0.201. The van der Waals surface area contributed by atoms with Gasteiger partial charge >= 0.3 is 0 Å². The molecule has 25 heavy (non-hydrogen) atoms. The molecular weight excluding hydrogens is 338 g/mol. The summed E-state index contributed by atoms with van der Waals surface area (Å²) in [6.07, 6.45) is 0.0158. The molecule has 0 saturated carbocycles. The molecule has 2 aromatic rings. The van der Waals surface area contributed by atoms with E-state index in [2.05, 4.69) is 4.72 Å². The van der Waals surface area contributed by atoms with Gasteiger partial charge in [0.1, 0.15) is 11.5 Å². The second-order valence-electron chi connectivity index (χ2n) is 6.36. The lowest BCUT2D eigenvalue weighted by molar-refractivity contribution is 0.242. The van der Waals surface area contributed by atoms with Crippen LogP contribution in [-0.2, 0) is 10.0 Å². The first kappa shape index (κ1) is 19.1. The molecule has 0 fully saturated rings. The Bertz CT molecular complexity index is 829. The monoisotopic (exact) mass is 363 g/mol. The smallest absolute Gasteiger partial charge is 0.261 e. The fourth-order valence-electron chi connectivity index (χ4n) is 2.45. The molecule has 0 aliphatic rings. The van der Waals surface area contributed by atoms with E-state index in [9.17, 15) is 8.42 Å². The standard InChI is InChI=1S/C19H25NO4S/c1-13(2)18-12-17(9-10-19(18)23-5)25(21,22)20-15-7-6-8-16(11-15)24-14(3)4/h6-14,20H,1-5H3.